The number of hydrogen-bond donors (Lipinski definition) is 0. The molecular formula is C15H18N4O. The molecule has 0 bridgehead atoms. The highest BCUT2D eigenvalue weighted by Crippen LogP contribution is 2.34. The number of aromatic nitrogens is 4. The van der Waals surface area contributed by atoms with Crippen molar-refractivity contribution in [1.82, 2.24) is 19.7 Å². The van der Waals surface area contributed by atoms with Crippen LogP contribution < -0.4 is 0 Å². The molecule has 3 heterocycles. The van der Waals surface area contributed by atoms with E-state index in [1.165, 1.54) is 0 Å². The number of aryl methyl sites for hydroxylation is 1. The summed E-state index contributed by atoms with van der Waals surface area (Å²) in [7, 11) is 1.96. The van der Waals surface area contributed by atoms with Crippen LogP contribution in [0.4, 0.5) is 0 Å². The summed E-state index contributed by atoms with van der Waals surface area (Å²) in [6, 6.07) is 3.93. The molecule has 0 aromatic carbocycles. The monoisotopic (exact) mass is 270 g/mol. The van der Waals surface area contributed by atoms with Gasteiger partial charge in [-0.1, -0.05) is 6.08 Å². The quantitative estimate of drug-likeness (QED) is 0.859. The molecule has 0 amide bonds. The summed E-state index contributed by atoms with van der Waals surface area (Å²) in [6.45, 7) is 0.813. The highest BCUT2D eigenvalue weighted by Gasteiger charge is 2.27. The minimum Gasteiger partial charge on any atom is -0.371 e. The lowest BCUT2D eigenvalue weighted by Crippen LogP contribution is -2.23. The van der Waals surface area contributed by atoms with E-state index in [4.69, 9.17) is 4.74 Å². The van der Waals surface area contributed by atoms with Crippen LogP contribution >= 0.6 is 0 Å². The van der Waals surface area contributed by atoms with Gasteiger partial charge in [-0.2, -0.15) is 5.10 Å². The molecule has 1 saturated heterocycles. The fourth-order valence-corrected chi connectivity index (χ4v) is 2.59. The predicted octanol–water partition coefficient (Wildman–Crippen LogP) is 2.39. The van der Waals surface area contributed by atoms with Crippen molar-refractivity contribution in [3.05, 3.63) is 48.3 Å². The SMILES string of the molecule is Cn1nccc1[C@@H]1OCCC[C@H]1/C=C/c1ccncn1. The van der Waals surface area contributed by atoms with Crippen LogP contribution in [-0.2, 0) is 11.8 Å². The van der Waals surface area contributed by atoms with Crippen molar-refractivity contribution in [2.24, 2.45) is 13.0 Å². The lowest BCUT2D eigenvalue weighted by Gasteiger charge is -2.29. The Hall–Kier alpha value is -2.01. The highest BCUT2D eigenvalue weighted by atomic mass is 16.5. The number of hydrogen-bond acceptors (Lipinski definition) is 4. The molecular weight excluding hydrogens is 252 g/mol. The topological polar surface area (TPSA) is 52.8 Å². The van der Waals surface area contributed by atoms with E-state index in [1.807, 2.05) is 36.1 Å². The number of rotatable bonds is 3. The van der Waals surface area contributed by atoms with Crippen molar-refractivity contribution in [3.63, 3.8) is 0 Å². The Morgan fingerprint density at radius 2 is 2.30 bits per heavy atom. The molecule has 20 heavy (non-hydrogen) atoms. The predicted molar refractivity (Wildman–Crippen MR) is 75.7 cm³/mol. The van der Waals surface area contributed by atoms with Gasteiger partial charge in [-0.3, -0.25) is 4.68 Å². The molecule has 2 atom stereocenters. The summed E-state index contributed by atoms with van der Waals surface area (Å²) >= 11 is 0. The Labute approximate surface area is 118 Å². The van der Waals surface area contributed by atoms with Crippen molar-refractivity contribution in [2.75, 3.05) is 6.61 Å². The summed E-state index contributed by atoms with van der Waals surface area (Å²) in [5.41, 5.74) is 2.05. The Bertz CT molecular complexity index is 579. The zero-order chi connectivity index (χ0) is 13.8. The third kappa shape index (κ3) is 2.77. The molecule has 0 spiro atoms. The van der Waals surface area contributed by atoms with E-state index in [-0.39, 0.29) is 6.10 Å². The number of ether oxygens (including phenoxy) is 1. The average molecular weight is 270 g/mol. The van der Waals surface area contributed by atoms with E-state index in [0.29, 0.717) is 5.92 Å². The molecule has 1 aliphatic heterocycles. The maximum atomic E-state index is 5.96. The van der Waals surface area contributed by atoms with Crippen LogP contribution in [0.5, 0.6) is 0 Å². The van der Waals surface area contributed by atoms with E-state index < -0.39 is 0 Å². The Morgan fingerprint density at radius 1 is 1.35 bits per heavy atom. The van der Waals surface area contributed by atoms with Gasteiger partial charge in [0.15, 0.2) is 0 Å². The summed E-state index contributed by atoms with van der Waals surface area (Å²) in [5.74, 6) is 0.356. The van der Waals surface area contributed by atoms with E-state index in [9.17, 15) is 0 Å². The molecule has 0 unspecified atom stereocenters. The first-order valence-electron chi connectivity index (χ1n) is 6.88. The van der Waals surface area contributed by atoms with Crippen LogP contribution in [0.1, 0.15) is 30.3 Å². The third-order valence-electron chi connectivity index (χ3n) is 3.64. The lowest BCUT2D eigenvalue weighted by atomic mass is 9.91. The number of nitrogens with zero attached hydrogens (tertiary/aromatic N) is 4. The summed E-state index contributed by atoms with van der Waals surface area (Å²) in [5, 5.41) is 4.24. The zero-order valence-electron chi connectivity index (χ0n) is 11.5. The molecule has 0 aliphatic carbocycles. The highest BCUT2D eigenvalue weighted by molar-refractivity contribution is 5.44. The molecule has 2 aromatic heterocycles. The van der Waals surface area contributed by atoms with Crippen molar-refractivity contribution in [2.45, 2.75) is 18.9 Å². The molecule has 5 heteroatoms. The largest absolute Gasteiger partial charge is 0.371 e. The van der Waals surface area contributed by atoms with E-state index >= 15 is 0 Å². The normalized spacial score (nSPS) is 23.2. The van der Waals surface area contributed by atoms with Crippen molar-refractivity contribution < 1.29 is 4.74 Å². The molecule has 1 aliphatic rings. The van der Waals surface area contributed by atoms with Gasteiger partial charge >= 0.3 is 0 Å². The summed E-state index contributed by atoms with van der Waals surface area (Å²) in [6.07, 6.45) is 11.7. The Morgan fingerprint density at radius 3 is 3.05 bits per heavy atom. The van der Waals surface area contributed by atoms with E-state index in [1.54, 1.807) is 12.5 Å². The van der Waals surface area contributed by atoms with Crippen LogP contribution in [-0.4, -0.2) is 26.4 Å². The first kappa shape index (κ1) is 13.0. The van der Waals surface area contributed by atoms with Gasteiger partial charge in [0, 0.05) is 32.0 Å². The summed E-state index contributed by atoms with van der Waals surface area (Å²) < 4.78 is 7.85. The second kappa shape index (κ2) is 5.96. The Balaban J connectivity index is 1.79. The second-order valence-electron chi connectivity index (χ2n) is 4.97. The molecule has 0 radical (unpaired) electrons. The summed E-state index contributed by atoms with van der Waals surface area (Å²) in [4.78, 5) is 8.14. The van der Waals surface area contributed by atoms with Gasteiger partial charge in [0.1, 0.15) is 12.4 Å². The molecule has 1 fully saturated rings. The van der Waals surface area contributed by atoms with Crippen molar-refractivity contribution in [1.29, 1.82) is 0 Å². The molecule has 0 saturated carbocycles. The van der Waals surface area contributed by atoms with Crippen LogP contribution in [0.25, 0.3) is 6.08 Å². The standard InChI is InChI=1S/C15H18N4O/c1-19-14(7-9-18-19)15-12(3-2-10-20-15)4-5-13-6-8-16-11-17-13/h4-9,11-12,15H,2-3,10H2,1H3/b5-4+/t12-,15+/m0/s1. The van der Waals surface area contributed by atoms with Gasteiger partial charge in [0.25, 0.3) is 0 Å². The van der Waals surface area contributed by atoms with Gasteiger partial charge < -0.3 is 4.74 Å². The van der Waals surface area contributed by atoms with Crippen LogP contribution in [0.3, 0.4) is 0 Å². The van der Waals surface area contributed by atoms with Crippen LogP contribution in [0.2, 0.25) is 0 Å². The minimum absolute atomic E-state index is 0.0781. The van der Waals surface area contributed by atoms with Gasteiger partial charge in [0.2, 0.25) is 0 Å². The smallest absolute Gasteiger partial charge is 0.115 e. The lowest BCUT2D eigenvalue weighted by molar-refractivity contribution is -0.0170. The first-order valence-corrected chi connectivity index (χ1v) is 6.88. The van der Waals surface area contributed by atoms with Gasteiger partial charge in [-0.25, -0.2) is 9.97 Å². The maximum absolute atomic E-state index is 5.96. The average Bonchev–Trinajstić information content (AvgIpc) is 2.92. The Kier molecular flexibility index (Phi) is 3.87. The van der Waals surface area contributed by atoms with Gasteiger partial charge in [-0.15, -0.1) is 0 Å². The molecule has 3 rings (SSSR count). The minimum atomic E-state index is 0.0781. The van der Waals surface area contributed by atoms with E-state index in [2.05, 4.69) is 21.1 Å². The fourth-order valence-electron chi connectivity index (χ4n) is 2.59. The van der Waals surface area contributed by atoms with Gasteiger partial charge in [0.05, 0.1) is 11.4 Å². The van der Waals surface area contributed by atoms with Crippen molar-refractivity contribution >= 4 is 6.08 Å². The first-order chi connectivity index (χ1) is 9.84. The van der Waals surface area contributed by atoms with Crippen LogP contribution in [0.15, 0.2) is 36.9 Å². The molecule has 2 aromatic rings. The maximum Gasteiger partial charge on any atom is 0.115 e. The third-order valence-corrected chi connectivity index (χ3v) is 3.64. The second-order valence-corrected chi connectivity index (χ2v) is 4.97. The zero-order valence-corrected chi connectivity index (χ0v) is 11.5. The molecule has 104 valence electrons. The van der Waals surface area contributed by atoms with Gasteiger partial charge in [-0.05, 0) is 31.1 Å². The van der Waals surface area contributed by atoms with Crippen LogP contribution in [0, 0.1) is 5.92 Å². The molecule has 5 nitrogen and oxygen atoms in total. The van der Waals surface area contributed by atoms with E-state index in [0.717, 1.165) is 30.8 Å². The van der Waals surface area contributed by atoms with Crippen molar-refractivity contribution in [3.8, 4) is 0 Å². The fraction of sp³-hybridized carbons (Fsp3) is 0.400. The molecule has 0 N–H and O–H groups in total.